The van der Waals surface area contributed by atoms with Crippen molar-refractivity contribution in [1.29, 1.82) is 0 Å². The van der Waals surface area contributed by atoms with E-state index in [1.54, 1.807) is 58.9 Å². The Morgan fingerprint density at radius 3 is 2.12 bits per heavy atom. The van der Waals surface area contributed by atoms with E-state index in [1.165, 1.54) is 0 Å². The molecule has 16 heteroatoms. The smallest absolute Gasteiger partial charge is 0.312 e. The van der Waals surface area contributed by atoms with Crippen molar-refractivity contribution in [3.63, 3.8) is 0 Å². The summed E-state index contributed by atoms with van der Waals surface area (Å²) in [6.45, 7) is 8.94. The summed E-state index contributed by atoms with van der Waals surface area (Å²) in [6, 6.07) is 5.42. The number of imide groups is 1. The van der Waals surface area contributed by atoms with Crippen molar-refractivity contribution < 1.29 is 46.5 Å². The molecule has 1 heterocycles. The van der Waals surface area contributed by atoms with Crippen molar-refractivity contribution >= 4 is 51.3 Å². The Morgan fingerprint density at radius 2 is 1.60 bits per heavy atom. The second-order valence-electron chi connectivity index (χ2n) is 13.1. The molecular formula is C32H47N5O10S. The average molecular weight is 694 g/mol. The van der Waals surface area contributed by atoms with Crippen LogP contribution in [-0.2, 0) is 45.4 Å². The van der Waals surface area contributed by atoms with Crippen LogP contribution in [0, 0.1) is 17.3 Å². The summed E-state index contributed by atoms with van der Waals surface area (Å²) < 4.78 is 39.4. The lowest BCUT2D eigenvalue weighted by atomic mass is 9.89. The number of urea groups is 1. The molecule has 0 unspecified atom stereocenters. The van der Waals surface area contributed by atoms with Crippen LogP contribution in [0.25, 0.3) is 0 Å². The van der Waals surface area contributed by atoms with Crippen LogP contribution in [0.3, 0.4) is 0 Å². The fourth-order valence-corrected chi connectivity index (χ4v) is 5.56. The van der Waals surface area contributed by atoms with Crippen molar-refractivity contribution in [2.45, 2.75) is 78.2 Å². The van der Waals surface area contributed by atoms with Gasteiger partial charge in [0.15, 0.2) is 11.0 Å². The number of carbonyl (C=O) groups excluding carboxylic acids is 6. The summed E-state index contributed by atoms with van der Waals surface area (Å²) in [4.78, 5) is 74.3. The lowest BCUT2D eigenvalue weighted by Crippen LogP contribution is -2.51. The normalized spacial score (nSPS) is 15.2. The fraction of sp³-hybridized carbons (Fsp3) is 0.562. The molecule has 266 valence electrons. The van der Waals surface area contributed by atoms with Crippen molar-refractivity contribution in [3.05, 3.63) is 42.0 Å². The molecule has 3 atom stereocenters. The second kappa shape index (κ2) is 17.7. The van der Waals surface area contributed by atoms with Crippen molar-refractivity contribution in [1.82, 2.24) is 15.5 Å². The average Bonchev–Trinajstić information content (AvgIpc) is 3.30. The molecule has 1 aliphatic rings. The van der Waals surface area contributed by atoms with E-state index in [1.807, 2.05) is 0 Å². The Hall–Kier alpha value is -4.31. The molecule has 0 fully saturated rings. The van der Waals surface area contributed by atoms with Crippen LogP contribution in [0.1, 0.15) is 65.9 Å². The van der Waals surface area contributed by atoms with Crippen LogP contribution in [0.5, 0.6) is 0 Å². The number of hydrogen-bond donors (Lipinski definition) is 5. The number of anilines is 1. The van der Waals surface area contributed by atoms with Gasteiger partial charge in [0.05, 0.1) is 11.5 Å². The van der Waals surface area contributed by atoms with Gasteiger partial charge in [-0.25, -0.2) is 4.79 Å². The number of primary amides is 1. The number of amides is 5. The maximum atomic E-state index is 13.6. The Balaban J connectivity index is 2.10. The minimum absolute atomic E-state index is 0.0213. The van der Waals surface area contributed by atoms with Crippen LogP contribution in [0.4, 0.5) is 10.5 Å². The molecule has 1 aliphatic heterocycles. The molecule has 0 bridgehead atoms. The van der Waals surface area contributed by atoms with E-state index < -0.39 is 69.5 Å². The quantitative estimate of drug-likeness (QED) is 0.0608. The highest BCUT2D eigenvalue weighted by Crippen LogP contribution is 2.20. The molecule has 0 spiro atoms. The summed E-state index contributed by atoms with van der Waals surface area (Å²) in [7, 11) is -4.96. The zero-order chi connectivity index (χ0) is 36.2. The third kappa shape index (κ3) is 13.1. The number of ketones is 1. The number of ether oxygens (including phenoxy) is 1. The number of benzene rings is 1. The molecule has 1 aromatic carbocycles. The predicted octanol–water partition coefficient (Wildman–Crippen LogP) is 1.92. The molecule has 0 aliphatic carbocycles. The standard InChI is InChI=1S/C32H47N5O10S/c1-20(2)28(36-29(41)25(48(44,45)46)14-16-37-26(39)12-13-27(37)40)24(38)17-22(7-6-15-34-31(33)43)18-35-23-10-8-21(9-11-23)19-47-30(42)32(3,4)5/h8-13,20,22,25,28,35H,6-7,14-19H2,1-5H3,(H,36,41)(H3,33,34,43)(H,44,45,46)/t22-,25+,28+/m1/s1. The van der Waals surface area contributed by atoms with Gasteiger partial charge in [0, 0.05) is 43.9 Å². The maximum absolute atomic E-state index is 13.6. The number of rotatable bonds is 19. The van der Waals surface area contributed by atoms with Crippen LogP contribution in [0.15, 0.2) is 36.4 Å². The first-order valence-corrected chi connectivity index (χ1v) is 17.2. The molecular weight excluding hydrogens is 646 g/mol. The zero-order valence-corrected chi connectivity index (χ0v) is 28.8. The number of nitrogens with zero attached hydrogens (tertiary/aromatic N) is 1. The molecule has 0 saturated heterocycles. The number of nitrogens with one attached hydrogen (secondary N) is 3. The van der Waals surface area contributed by atoms with Gasteiger partial charge in [0.2, 0.25) is 5.91 Å². The first kappa shape index (κ1) is 39.9. The number of nitrogens with two attached hydrogens (primary N) is 1. The molecule has 5 amide bonds. The number of Topliss-reactive ketones (excluding diaryl/α,β-unsaturated/α-hetero) is 1. The lowest BCUT2D eigenvalue weighted by Gasteiger charge is -2.26. The maximum Gasteiger partial charge on any atom is 0.312 e. The number of carbonyl (C=O) groups is 6. The van der Waals surface area contributed by atoms with Gasteiger partial charge >= 0.3 is 12.0 Å². The molecule has 1 aromatic rings. The van der Waals surface area contributed by atoms with Gasteiger partial charge in [-0.05, 0) is 69.6 Å². The Kier molecular flexibility index (Phi) is 14.7. The highest BCUT2D eigenvalue weighted by molar-refractivity contribution is 7.87. The van der Waals surface area contributed by atoms with E-state index >= 15 is 0 Å². The molecule has 2 rings (SSSR count). The van der Waals surface area contributed by atoms with Gasteiger partial charge in [-0.2, -0.15) is 8.42 Å². The summed E-state index contributed by atoms with van der Waals surface area (Å²) in [5.74, 6) is -3.92. The molecule has 15 nitrogen and oxygen atoms in total. The highest BCUT2D eigenvalue weighted by atomic mass is 32.2. The first-order valence-electron chi connectivity index (χ1n) is 15.7. The third-order valence-electron chi connectivity index (χ3n) is 7.59. The fourth-order valence-electron chi connectivity index (χ4n) is 4.81. The highest BCUT2D eigenvalue weighted by Gasteiger charge is 2.36. The zero-order valence-electron chi connectivity index (χ0n) is 28.0. The lowest BCUT2D eigenvalue weighted by molar-refractivity contribution is -0.154. The minimum Gasteiger partial charge on any atom is -0.460 e. The monoisotopic (exact) mass is 693 g/mol. The SMILES string of the molecule is CC(C)[C@H](NC(=O)[C@H](CCN1C(=O)C=CC1=O)S(=O)(=O)O)C(=O)C[C@@H](CCCNC(N)=O)CNc1ccc(COC(=O)C(C)(C)C)cc1. The van der Waals surface area contributed by atoms with Crippen molar-refractivity contribution in [2.24, 2.45) is 23.0 Å². The molecule has 6 N–H and O–H groups in total. The summed E-state index contributed by atoms with van der Waals surface area (Å²) in [5.41, 5.74) is 6.06. The van der Waals surface area contributed by atoms with Gasteiger partial charge in [0.1, 0.15) is 6.61 Å². The van der Waals surface area contributed by atoms with E-state index in [9.17, 15) is 41.7 Å². The topological polar surface area (TPSA) is 231 Å². The minimum atomic E-state index is -4.96. The molecule has 0 saturated carbocycles. The van der Waals surface area contributed by atoms with Gasteiger partial charge in [-0.15, -0.1) is 0 Å². The van der Waals surface area contributed by atoms with Gasteiger partial charge in [-0.1, -0.05) is 26.0 Å². The van der Waals surface area contributed by atoms with Gasteiger partial charge in [-0.3, -0.25) is 33.4 Å². The Bertz CT molecular complexity index is 1450. The second-order valence-corrected chi connectivity index (χ2v) is 14.7. The van der Waals surface area contributed by atoms with E-state index in [0.717, 1.165) is 28.3 Å². The van der Waals surface area contributed by atoms with E-state index in [0.29, 0.717) is 19.4 Å². The van der Waals surface area contributed by atoms with Crippen LogP contribution in [-0.4, -0.2) is 84.3 Å². The van der Waals surface area contributed by atoms with Crippen molar-refractivity contribution in [2.75, 3.05) is 25.0 Å². The van der Waals surface area contributed by atoms with Crippen LogP contribution >= 0.6 is 0 Å². The summed E-state index contributed by atoms with van der Waals surface area (Å²) >= 11 is 0. The van der Waals surface area contributed by atoms with Gasteiger partial charge < -0.3 is 26.4 Å². The van der Waals surface area contributed by atoms with E-state index in [-0.39, 0.29) is 37.2 Å². The van der Waals surface area contributed by atoms with Crippen LogP contribution < -0.4 is 21.7 Å². The summed E-state index contributed by atoms with van der Waals surface area (Å²) in [6.07, 6.45) is 2.41. The number of hydrogen-bond acceptors (Lipinski definition) is 10. The van der Waals surface area contributed by atoms with E-state index in [4.69, 9.17) is 10.5 Å². The molecule has 48 heavy (non-hydrogen) atoms. The third-order valence-corrected chi connectivity index (χ3v) is 8.76. The van der Waals surface area contributed by atoms with E-state index in [2.05, 4.69) is 16.0 Å². The van der Waals surface area contributed by atoms with Crippen molar-refractivity contribution in [3.8, 4) is 0 Å². The largest absolute Gasteiger partial charge is 0.460 e. The molecule has 0 aromatic heterocycles. The Morgan fingerprint density at radius 1 is 1.00 bits per heavy atom. The Labute approximate surface area is 281 Å². The van der Waals surface area contributed by atoms with Crippen LogP contribution in [0.2, 0.25) is 0 Å². The molecule has 0 radical (unpaired) electrons. The number of esters is 1. The van der Waals surface area contributed by atoms with Gasteiger partial charge in [0.25, 0.3) is 21.9 Å². The first-order chi connectivity index (χ1) is 22.3. The predicted molar refractivity (Wildman–Crippen MR) is 177 cm³/mol. The summed E-state index contributed by atoms with van der Waals surface area (Å²) in [5, 5.41) is 6.22.